The zero-order chi connectivity index (χ0) is 12.4. The quantitative estimate of drug-likeness (QED) is 0.879. The Morgan fingerprint density at radius 1 is 1.39 bits per heavy atom. The predicted octanol–water partition coefficient (Wildman–Crippen LogP) is 1.75. The summed E-state index contributed by atoms with van der Waals surface area (Å²) in [5, 5.41) is 3.49. The number of nitrogens with one attached hydrogen (secondary N) is 1. The maximum Gasteiger partial charge on any atom is 0.225 e. The molecule has 18 heavy (non-hydrogen) atoms. The summed E-state index contributed by atoms with van der Waals surface area (Å²) in [6.07, 6.45) is 7.13. The fourth-order valence-corrected chi connectivity index (χ4v) is 2.71. The van der Waals surface area contributed by atoms with Gasteiger partial charge in [-0.05, 0) is 57.7 Å². The van der Waals surface area contributed by atoms with E-state index in [4.69, 9.17) is 0 Å². The minimum absolute atomic E-state index is 0.689. The third-order valence-corrected chi connectivity index (χ3v) is 3.88. The van der Waals surface area contributed by atoms with Crippen molar-refractivity contribution in [3.63, 3.8) is 0 Å². The highest BCUT2D eigenvalue weighted by Crippen LogP contribution is 2.31. The van der Waals surface area contributed by atoms with E-state index in [1.54, 1.807) is 0 Å². The summed E-state index contributed by atoms with van der Waals surface area (Å²) in [4.78, 5) is 11.5. The van der Waals surface area contributed by atoms with Gasteiger partial charge >= 0.3 is 0 Å². The second kappa shape index (κ2) is 5.22. The number of piperidine rings is 1. The third-order valence-electron chi connectivity index (χ3n) is 3.88. The summed E-state index contributed by atoms with van der Waals surface area (Å²) in [6, 6.07) is 2.66. The van der Waals surface area contributed by atoms with Gasteiger partial charge in [-0.3, -0.25) is 0 Å². The number of hydrogen-bond donors (Lipinski definition) is 1. The van der Waals surface area contributed by atoms with Gasteiger partial charge in [0.25, 0.3) is 0 Å². The maximum atomic E-state index is 4.59. The van der Waals surface area contributed by atoms with Crippen molar-refractivity contribution >= 4 is 5.95 Å². The lowest BCUT2D eigenvalue weighted by atomic mass is 9.99. The molecule has 0 amide bonds. The van der Waals surface area contributed by atoms with Crippen molar-refractivity contribution in [3.05, 3.63) is 18.0 Å². The Bertz CT molecular complexity index is 397. The molecule has 1 saturated carbocycles. The van der Waals surface area contributed by atoms with Gasteiger partial charge < -0.3 is 10.2 Å². The van der Waals surface area contributed by atoms with E-state index in [0.717, 1.165) is 30.6 Å². The van der Waals surface area contributed by atoms with Crippen LogP contribution in [0, 0.1) is 12.8 Å². The Balaban J connectivity index is 1.71. The minimum atomic E-state index is 0.689. The summed E-state index contributed by atoms with van der Waals surface area (Å²) in [5.74, 6) is 1.69. The fourth-order valence-electron chi connectivity index (χ4n) is 2.71. The van der Waals surface area contributed by atoms with Crippen LogP contribution in [0.5, 0.6) is 0 Å². The molecule has 1 aliphatic heterocycles. The number of aryl methyl sites for hydroxylation is 1. The molecule has 2 aliphatic rings. The van der Waals surface area contributed by atoms with Crippen LogP contribution in [0.2, 0.25) is 0 Å². The van der Waals surface area contributed by atoms with Gasteiger partial charge in [-0.25, -0.2) is 9.97 Å². The SMILES string of the molecule is Cc1ccnc(N(CC2CCCNC2)C2CC2)n1. The summed E-state index contributed by atoms with van der Waals surface area (Å²) in [6.45, 7) is 5.48. The number of anilines is 1. The van der Waals surface area contributed by atoms with E-state index in [9.17, 15) is 0 Å². The molecule has 1 N–H and O–H groups in total. The van der Waals surface area contributed by atoms with Gasteiger partial charge in [-0.1, -0.05) is 0 Å². The van der Waals surface area contributed by atoms with Gasteiger partial charge in [0.05, 0.1) is 0 Å². The standard InChI is InChI=1S/C14H22N4/c1-11-6-8-16-14(17-11)18(13-4-5-13)10-12-3-2-7-15-9-12/h6,8,12-13,15H,2-5,7,9-10H2,1H3. The summed E-state index contributed by atoms with van der Waals surface area (Å²) >= 11 is 0. The Morgan fingerprint density at radius 3 is 2.94 bits per heavy atom. The van der Waals surface area contributed by atoms with Crippen LogP contribution in [0.4, 0.5) is 5.95 Å². The van der Waals surface area contributed by atoms with Crippen molar-refractivity contribution in [1.82, 2.24) is 15.3 Å². The van der Waals surface area contributed by atoms with Crippen LogP contribution < -0.4 is 10.2 Å². The van der Waals surface area contributed by atoms with Crippen molar-refractivity contribution in [1.29, 1.82) is 0 Å². The third kappa shape index (κ3) is 2.80. The first-order valence-corrected chi connectivity index (χ1v) is 7.10. The smallest absolute Gasteiger partial charge is 0.225 e. The molecule has 4 heteroatoms. The lowest BCUT2D eigenvalue weighted by Gasteiger charge is -2.30. The molecule has 98 valence electrons. The normalized spacial score (nSPS) is 23.9. The number of aromatic nitrogens is 2. The summed E-state index contributed by atoms with van der Waals surface area (Å²) in [7, 11) is 0. The zero-order valence-electron chi connectivity index (χ0n) is 11.1. The van der Waals surface area contributed by atoms with Crippen LogP contribution in [0.15, 0.2) is 12.3 Å². The van der Waals surface area contributed by atoms with E-state index in [2.05, 4.69) is 20.2 Å². The van der Waals surface area contributed by atoms with E-state index in [-0.39, 0.29) is 0 Å². The molecule has 1 aromatic rings. The molecule has 0 aromatic carbocycles. The maximum absolute atomic E-state index is 4.59. The second-order valence-electron chi connectivity index (χ2n) is 5.59. The van der Waals surface area contributed by atoms with Gasteiger partial charge in [0.1, 0.15) is 0 Å². The van der Waals surface area contributed by atoms with Gasteiger partial charge in [-0.15, -0.1) is 0 Å². The molecule has 2 fully saturated rings. The average Bonchev–Trinajstić information content (AvgIpc) is 3.21. The summed E-state index contributed by atoms with van der Waals surface area (Å²) < 4.78 is 0. The first-order chi connectivity index (χ1) is 8.83. The van der Waals surface area contributed by atoms with E-state index < -0.39 is 0 Å². The number of rotatable bonds is 4. The van der Waals surface area contributed by atoms with Gasteiger partial charge in [0.2, 0.25) is 5.95 Å². The lowest BCUT2D eigenvalue weighted by molar-refractivity contribution is 0.374. The minimum Gasteiger partial charge on any atom is -0.338 e. The van der Waals surface area contributed by atoms with Crippen LogP contribution in [0.25, 0.3) is 0 Å². The van der Waals surface area contributed by atoms with E-state index in [1.807, 2.05) is 19.2 Å². The first kappa shape index (κ1) is 11.9. The summed E-state index contributed by atoms with van der Waals surface area (Å²) in [5.41, 5.74) is 1.06. The second-order valence-corrected chi connectivity index (χ2v) is 5.59. The molecule has 1 saturated heterocycles. The predicted molar refractivity (Wildman–Crippen MR) is 72.7 cm³/mol. The van der Waals surface area contributed by atoms with Crippen molar-refractivity contribution < 1.29 is 0 Å². The zero-order valence-corrected chi connectivity index (χ0v) is 11.1. The Labute approximate surface area is 109 Å². The van der Waals surface area contributed by atoms with Gasteiger partial charge in [-0.2, -0.15) is 0 Å². The van der Waals surface area contributed by atoms with Crippen LogP contribution in [-0.4, -0.2) is 35.6 Å². The molecule has 1 aromatic heterocycles. The van der Waals surface area contributed by atoms with E-state index >= 15 is 0 Å². The van der Waals surface area contributed by atoms with Crippen LogP contribution >= 0.6 is 0 Å². The molecule has 0 bridgehead atoms. The van der Waals surface area contributed by atoms with Crippen molar-refractivity contribution in [3.8, 4) is 0 Å². The molecule has 3 rings (SSSR count). The Kier molecular flexibility index (Phi) is 3.46. The first-order valence-electron chi connectivity index (χ1n) is 7.10. The molecule has 1 atom stereocenters. The van der Waals surface area contributed by atoms with Crippen LogP contribution in [0.3, 0.4) is 0 Å². The average molecular weight is 246 g/mol. The van der Waals surface area contributed by atoms with E-state index in [1.165, 1.54) is 32.2 Å². The van der Waals surface area contributed by atoms with Gasteiger partial charge in [0, 0.05) is 24.5 Å². The highest BCUT2D eigenvalue weighted by molar-refractivity contribution is 5.34. The molecule has 1 aliphatic carbocycles. The Morgan fingerprint density at radius 2 is 2.28 bits per heavy atom. The molecule has 0 spiro atoms. The van der Waals surface area contributed by atoms with Crippen molar-refractivity contribution in [2.24, 2.45) is 5.92 Å². The van der Waals surface area contributed by atoms with Crippen LogP contribution in [-0.2, 0) is 0 Å². The van der Waals surface area contributed by atoms with Crippen molar-refractivity contribution in [2.45, 2.75) is 38.6 Å². The fraction of sp³-hybridized carbons (Fsp3) is 0.714. The molecule has 1 unspecified atom stereocenters. The van der Waals surface area contributed by atoms with E-state index in [0.29, 0.717) is 6.04 Å². The highest BCUT2D eigenvalue weighted by atomic mass is 15.3. The molecule has 4 nitrogen and oxygen atoms in total. The van der Waals surface area contributed by atoms with Crippen molar-refractivity contribution in [2.75, 3.05) is 24.5 Å². The topological polar surface area (TPSA) is 41.1 Å². The monoisotopic (exact) mass is 246 g/mol. The molecular formula is C14H22N4. The molecule has 2 heterocycles. The highest BCUT2D eigenvalue weighted by Gasteiger charge is 2.32. The van der Waals surface area contributed by atoms with Crippen LogP contribution in [0.1, 0.15) is 31.4 Å². The Hall–Kier alpha value is -1.16. The number of hydrogen-bond acceptors (Lipinski definition) is 4. The largest absolute Gasteiger partial charge is 0.338 e. The number of nitrogens with zero attached hydrogens (tertiary/aromatic N) is 3. The molecule has 0 radical (unpaired) electrons. The van der Waals surface area contributed by atoms with Gasteiger partial charge in [0.15, 0.2) is 0 Å². The lowest BCUT2D eigenvalue weighted by Crippen LogP contribution is -2.40. The molecular weight excluding hydrogens is 224 g/mol.